The minimum Gasteiger partial charge on any atom is -0.497 e. The van der Waals surface area contributed by atoms with Crippen molar-refractivity contribution in [3.8, 4) is 17.1 Å². The molecule has 0 aliphatic heterocycles. The maximum atomic E-state index is 12.7. The highest BCUT2D eigenvalue weighted by Gasteiger charge is 2.18. The first-order chi connectivity index (χ1) is 16.0. The van der Waals surface area contributed by atoms with Gasteiger partial charge in [-0.25, -0.2) is 0 Å². The number of nitrogens with zero attached hydrogens (tertiary/aromatic N) is 3. The zero-order valence-corrected chi connectivity index (χ0v) is 20.0. The number of rotatable bonds is 8. The molecule has 1 amide bonds. The summed E-state index contributed by atoms with van der Waals surface area (Å²) >= 11 is 5.35. The summed E-state index contributed by atoms with van der Waals surface area (Å²) in [5.41, 5.74) is 3.15. The van der Waals surface area contributed by atoms with Crippen LogP contribution in [-0.4, -0.2) is 40.9 Å². The molecule has 0 unspecified atom stereocenters. The number of anilines is 1. The SMILES string of the molecule is COc1ccc(-c2n[nH]c(=S)n2CC(=O)NCc2ccc(N(C)C3CCCCC3)cc2)cc1. The van der Waals surface area contributed by atoms with Gasteiger partial charge >= 0.3 is 0 Å². The first-order valence-corrected chi connectivity index (χ1v) is 11.8. The van der Waals surface area contributed by atoms with Crippen LogP contribution in [0.4, 0.5) is 5.69 Å². The number of carbonyl (C=O) groups excluding carboxylic acids is 1. The van der Waals surface area contributed by atoms with Crippen molar-refractivity contribution in [1.82, 2.24) is 20.1 Å². The maximum absolute atomic E-state index is 12.7. The summed E-state index contributed by atoms with van der Waals surface area (Å²) < 4.78 is 7.32. The quantitative estimate of drug-likeness (QED) is 0.472. The molecule has 174 valence electrons. The van der Waals surface area contributed by atoms with E-state index in [1.165, 1.54) is 37.8 Å². The summed E-state index contributed by atoms with van der Waals surface area (Å²) in [4.78, 5) is 15.0. The summed E-state index contributed by atoms with van der Waals surface area (Å²) in [7, 11) is 3.81. The topological polar surface area (TPSA) is 75.2 Å². The van der Waals surface area contributed by atoms with Gasteiger partial charge < -0.3 is 15.0 Å². The van der Waals surface area contributed by atoms with E-state index in [9.17, 15) is 4.79 Å². The molecule has 1 fully saturated rings. The molecule has 2 N–H and O–H groups in total. The Morgan fingerprint density at radius 3 is 2.52 bits per heavy atom. The molecule has 2 aromatic carbocycles. The third-order valence-electron chi connectivity index (χ3n) is 6.36. The molecule has 7 nitrogen and oxygen atoms in total. The first kappa shape index (κ1) is 23.0. The zero-order chi connectivity index (χ0) is 23.2. The van der Waals surface area contributed by atoms with Crippen molar-refractivity contribution >= 4 is 23.8 Å². The monoisotopic (exact) mass is 465 g/mol. The summed E-state index contributed by atoms with van der Waals surface area (Å²) in [5, 5.41) is 10.1. The Balaban J connectivity index is 1.35. The van der Waals surface area contributed by atoms with Crippen LogP contribution in [-0.2, 0) is 17.9 Å². The van der Waals surface area contributed by atoms with Crippen LogP contribution < -0.4 is 15.0 Å². The number of aromatic nitrogens is 3. The van der Waals surface area contributed by atoms with E-state index in [2.05, 4.69) is 51.7 Å². The fourth-order valence-electron chi connectivity index (χ4n) is 4.35. The van der Waals surface area contributed by atoms with Crippen LogP contribution in [0.25, 0.3) is 11.4 Å². The third kappa shape index (κ3) is 5.63. The largest absolute Gasteiger partial charge is 0.497 e. The second-order valence-corrected chi connectivity index (χ2v) is 8.90. The molecule has 4 rings (SSSR count). The van der Waals surface area contributed by atoms with Gasteiger partial charge in [0.15, 0.2) is 10.6 Å². The number of amides is 1. The molecular formula is C25H31N5O2S. The number of hydrogen-bond acceptors (Lipinski definition) is 5. The van der Waals surface area contributed by atoms with E-state index in [1.807, 2.05) is 24.3 Å². The molecule has 0 radical (unpaired) electrons. The summed E-state index contributed by atoms with van der Waals surface area (Å²) in [6.45, 7) is 0.564. The van der Waals surface area contributed by atoms with E-state index in [4.69, 9.17) is 17.0 Å². The van der Waals surface area contributed by atoms with E-state index in [-0.39, 0.29) is 12.5 Å². The highest BCUT2D eigenvalue weighted by atomic mass is 32.1. The molecule has 1 heterocycles. The van der Waals surface area contributed by atoms with Gasteiger partial charge in [-0.15, -0.1) is 0 Å². The number of nitrogens with one attached hydrogen (secondary N) is 2. The predicted molar refractivity (Wildman–Crippen MR) is 133 cm³/mol. The fourth-order valence-corrected chi connectivity index (χ4v) is 4.55. The van der Waals surface area contributed by atoms with Crippen LogP contribution in [0.2, 0.25) is 0 Å². The highest BCUT2D eigenvalue weighted by Crippen LogP contribution is 2.26. The van der Waals surface area contributed by atoms with Gasteiger partial charge in [-0.05, 0) is 67.0 Å². The molecule has 0 spiro atoms. The molecule has 0 saturated heterocycles. The highest BCUT2D eigenvalue weighted by molar-refractivity contribution is 7.71. The maximum Gasteiger partial charge on any atom is 0.240 e. The number of methoxy groups -OCH3 is 1. The van der Waals surface area contributed by atoms with Gasteiger partial charge in [0.1, 0.15) is 12.3 Å². The molecule has 1 aliphatic carbocycles. The molecule has 33 heavy (non-hydrogen) atoms. The van der Waals surface area contributed by atoms with Crippen LogP contribution >= 0.6 is 12.2 Å². The van der Waals surface area contributed by atoms with E-state index in [0.29, 0.717) is 23.2 Å². The zero-order valence-electron chi connectivity index (χ0n) is 19.2. The molecular weight excluding hydrogens is 434 g/mol. The lowest BCUT2D eigenvalue weighted by molar-refractivity contribution is -0.121. The molecule has 0 atom stereocenters. The third-order valence-corrected chi connectivity index (χ3v) is 6.68. The average molecular weight is 466 g/mol. The van der Waals surface area contributed by atoms with Gasteiger partial charge in [0, 0.05) is 30.9 Å². The van der Waals surface area contributed by atoms with Gasteiger partial charge in [0.2, 0.25) is 5.91 Å². The van der Waals surface area contributed by atoms with Crippen molar-refractivity contribution in [3.63, 3.8) is 0 Å². The Labute approximate surface area is 199 Å². The number of benzene rings is 2. The van der Waals surface area contributed by atoms with Crippen LogP contribution in [0.5, 0.6) is 5.75 Å². The van der Waals surface area contributed by atoms with Gasteiger partial charge in [0.05, 0.1) is 7.11 Å². The number of ether oxygens (including phenoxy) is 1. The Bertz CT molecular complexity index is 1110. The molecule has 1 aromatic heterocycles. The second-order valence-electron chi connectivity index (χ2n) is 8.51. The standard InChI is InChI=1S/C25H31N5O2S/c1-29(20-6-4-3-5-7-20)21-12-8-18(9-13-21)16-26-23(31)17-30-24(27-28-25(30)33)19-10-14-22(32-2)15-11-19/h8-15,20H,3-7,16-17H2,1-2H3,(H,26,31)(H,28,33). The lowest BCUT2D eigenvalue weighted by Gasteiger charge is -2.33. The fraction of sp³-hybridized carbons (Fsp3) is 0.400. The van der Waals surface area contributed by atoms with Gasteiger partial charge in [-0.3, -0.25) is 14.5 Å². The minimum absolute atomic E-state index is 0.0964. The number of H-pyrrole nitrogens is 1. The number of hydrogen-bond donors (Lipinski definition) is 2. The van der Waals surface area contributed by atoms with Crippen molar-refractivity contribution in [2.75, 3.05) is 19.1 Å². The molecule has 1 aliphatic rings. The molecule has 1 saturated carbocycles. The van der Waals surface area contributed by atoms with Gasteiger partial charge in [-0.1, -0.05) is 31.4 Å². The lowest BCUT2D eigenvalue weighted by atomic mass is 9.94. The minimum atomic E-state index is -0.120. The van der Waals surface area contributed by atoms with Crippen molar-refractivity contribution in [2.24, 2.45) is 0 Å². The molecule has 3 aromatic rings. The summed E-state index contributed by atoms with van der Waals surface area (Å²) in [6, 6.07) is 16.6. The number of aromatic amines is 1. The Morgan fingerprint density at radius 2 is 1.85 bits per heavy atom. The Kier molecular flexibility index (Phi) is 7.44. The van der Waals surface area contributed by atoms with Crippen LogP contribution in [0.15, 0.2) is 48.5 Å². The van der Waals surface area contributed by atoms with Crippen molar-refractivity contribution in [1.29, 1.82) is 0 Å². The number of carbonyl (C=O) groups is 1. The normalized spacial score (nSPS) is 14.1. The van der Waals surface area contributed by atoms with Crippen LogP contribution in [0, 0.1) is 4.77 Å². The molecule has 8 heteroatoms. The Hall–Kier alpha value is -3.13. The Morgan fingerprint density at radius 1 is 1.15 bits per heavy atom. The predicted octanol–water partition coefficient (Wildman–Crippen LogP) is 4.70. The van der Waals surface area contributed by atoms with E-state index < -0.39 is 0 Å². The van der Waals surface area contributed by atoms with Gasteiger partial charge in [-0.2, -0.15) is 5.10 Å². The summed E-state index contributed by atoms with van der Waals surface area (Å²) in [6.07, 6.45) is 6.53. The van der Waals surface area contributed by atoms with E-state index in [1.54, 1.807) is 11.7 Å². The van der Waals surface area contributed by atoms with Crippen LogP contribution in [0.3, 0.4) is 0 Å². The molecule has 0 bridgehead atoms. The van der Waals surface area contributed by atoms with Crippen LogP contribution in [0.1, 0.15) is 37.7 Å². The van der Waals surface area contributed by atoms with E-state index in [0.717, 1.165) is 16.9 Å². The average Bonchev–Trinajstić information content (AvgIpc) is 3.23. The van der Waals surface area contributed by atoms with Crippen molar-refractivity contribution < 1.29 is 9.53 Å². The second kappa shape index (κ2) is 10.7. The lowest BCUT2D eigenvalue weighted by Crippen LogP contribution is -2.33. The summed E-state index contributed by atoms with van der Waals surface area (Å²) in [5.74, 6) is 1.26. The van der Waals surface area contributed by atoms with E-state index >= 15 is 0 Å². The van der Waals surface area contributed by atoms with Crippen molar-refractivity contribution in [3.05, 3.63) is 58.9 Å². The van der Waals surface area contributed by atoms with Crippen molar-refractivity contribution in [2.45, 2.75) is 51.2 Å². The first-order valence-electron chi connectivity index (χ1n) is 11.4. The van der Waals surface area contributed by atoms with Gasteiger partial charge in [0.25, 0.3) is 0 Å². The smallest absolute Gasteiger partial charge is 0.240 e.